The third kappa shape index (κ3) is 46.9. The Morgan fingerprint density at radius 2 is 0.286 bits per heavy atom. The predicted octanol–water partition coefficient (Wildman–Crippen LogP) is 21.1. The van der Waals surface area contributed by atoms with Crippen LogP contribution in [0, 0.1) is 0 Å². The second kappa shape index (κ2) is 49.5. The fourth-order valence-corrected chi connectivity index (χ4v) is 12.8. The summed E-state index contributed by atoms with van der Waals surface area (Å²) >= 11 is 0. The number of hydrogen-bond acceptors (Lipinski definition) is 0. The molecule has 0 unspecified atom stereocenters. The van der Waals surface area contributed by atoms with Crippen molar-refractivity contribution < 1.29 is 4.80 Å². The minimum absolute atomic E-state index is 1.09. The van der Waals surface area contributed by atoms with Gasteiger partial charge in [0, 0.05) is 0 Å². The number of rotatable bonds is 51. The average molecular weight is 805 g/mol. The minimum atomic E-state index is -2.32. The molecule has 0 bridgehead atoms. The van der Waals surface area contributed by atoms with E-state index in [2.05, 4.69) is 20.8 Å². The standard InChI is InChI=1S/C54H111OSi/c1-4-7-10-13-16-19-22-25-28-31-34-37-40-43-46-49-52-56(55,53-50-47-44-41-38-35-32-29-26-23-20-17-14-11-8-5-2)54-51-48-45-42-39-36-33-30-27-24-21-18-15-12-9-6-3/h4-54H2,1-3H3. The molecule has 0 saturated carbocycles. The van der Waals surface area contributed by atoms with Crippen LogP contribution in [0.5, 0.6) is 0 Å². The van der Waals surface area contributed by atoms with Gasteiger partial charge in [0.1, 0.15) is 0 Å². The van der Waals surface area contributed by atoms with Gasteiger partial charge in [-0.25, -0.2) is 0 Å². The molecule has 56 heavy (non-hydrogen) atoms. The summed E-state index contributed by atoms with van der Waals surface area (Å²) in [4.78, 5) is 14.3. The summed E-state index contributed by atoms with van der Waals surface area (Å²) in [6.07, 6.45) is 68.0. The van der Waals surface area contributed by atoms with Gasteiger partial charge in [0.05, 0.1) is 0 Å². The highest BCUT2D eigenvalue weighted by molar-refractivity contribution is 6.72. The molecule has 1 nitrogen and oxygen atoms in total. The Bertz CT molecular complexity index is 589. The summed E-state index contributed by atoms with van der Waals surface area (Å²) in [5, 5.41) is 0. The lowest BCUT2D eigenvalue weighted by Gasteiger charge is -2.23. The van der Waals surface area contributed by atoms with E-state index in [-0.39, 0.29) is 0 Å². The summed E-state index contributed by atoms with van der Waals surface area (Å²) in [7, 11) is -2.32. The lowest BCUT2D eigenvalue weighted by Crippen LogP contribution is -2.32. The lowest BCUT2D eigenvalue weighted by molar-refractivity contribution is 0.397. The van der Waals surface area contributed by atoms with Gasteiger partial charge >= 0.3 is 0 Å². The highest BCUT2D eigenvalue weighted by atomic mass is 28.4. The predicted molar refractivity (Wildman–Crippen MR) is 259 cm³/mol. The van der Waals surface area contributed by atoms with Crippen molar-refractivity contribution in [3.63, 3.8) is 0 Å². The molecule has 0 aliphatic heterocycles. The largest absolute Gasteiger partial charge is 0.297 e. The van der Waals surface area contributed by atoms with Gasteiger partial charge in [-0.2, -0.15) is 0 Å². The fraction of sp³-hybridized carbons (Fsp3) is 1.00. The highest BCUT2D eigenvalue weighted by Crippen LogP contribution is 2.29. The highest BCUT2D eigenvalue weighted by Gasteiger charge is 2.31. The average Bonchev–Trinajstić information content (AvgIpc) is 3.20. The van der Waals surface area contributed by atoms with Gasteiger partial charge in [-0.05, 0) is 18.1 Å². The molecular formula is C54H111OSi. The first kappa shape index (κ1) is 56.2. The molecule has 0 aliphatic carbocycles. The zero-order valence-corrected chi connectivity index (χ0v) is 41.0. The smallest absolute Gasteiger partial charge is 0.237 e. The zero-order valence-electron chi connectivity index (χ0n) is 40.0. The summed E-state index contributed by atoms with van der Waals surface area (Å²) in [6, 6.07) is 3.26. The molecule has 0 atom stereocenters. The Morgan fingerprint density at radius 3 is 0.411 bits per heavy atom. The molecule has 0 N–H and O–H groups in total. The summed E-state index contributed by atoms with van der Waals surface area (Å²) in [5.74, 6) is 0. The molecule has 2 heteroatoms. The van der Waals surface area contributed by atoms with Gasteiger partial charge in [0.15, 0.2) is 0 Å². The first-order valence-corrected chi connectivity index (χ1v) is 29.9. The molecule has 1 radical (unpaired) electrons. The van der Waals surface area contributed by atoms with E-state index in [9.17, 15) is 4.80 Å². The van der Waals surface area contributed by atoms with E-state index in [0.717, 1.165) is 18.1 Å². The van der Waals surface area contributed by atoms with Gasteiger partial charge in [0.2, 0.25) is 8.32 Å². The summed E-state index contributed by atoms with van der Waals surface area (Å²) < 4.78 is 0. The topological polar surface area (TPSA) is 19.9 Å². The van der Waals surface area contributed by atoms with E-state index < -0.39 is 8.32 Å². The Balaban J connectivity index is 4.08. The van der Waals surface area contributed by atoms with Crippen molar-refractivity contribution >= 4 is 8.32 Å². The lowest BCUT2D eigenvalue weighted by atomic mass is 10.0. The Hall–Kier alpha value is 0.177. The van der Waals surface area contributed by atoms with E-state index in [1.165, 1.54) is 308 Å². The molecule has 0 heterocycles. The first-order valence-electron chi connectivity index (χ1n) is 27.4. The van der Waals surface area contributed by atoms with Crippen LogP contribution in [0.15, 0.2) is 0 Å². The van der Waals surface area contributed by atoms with Crippen LogP contribution in [-0.4, -0.2) is 8.32 Å². The molecule has 0 amide bonds. The number of unbranched alkanes of at least 4 members (excludes halogenated alkanes) is 45. The first-order chi connectivity index (χ1) is 27.7. The second-order valence-electron chi connectivity index (χ2n) is 19.3. The molecule has 0 fully saturated rings. The van der Waals surface area contributed by atoms with Crippen molar-refractivity contribution in [1.82, 2.24) is 0 Å². The maximum atomic E-state index is 14.3. The van der Waals surface area contributed by atoms with E-state index in [1.807, 2.05) is 0 Å². The SMILES string of the molecule is CCCCCCCCCCCCCCCCCC[Si]([O])(CCCCCCCCCCCCCCCCCC)CCCCCCCCCCCCCCCCCC. The molecule has 0 saturated heterocycles. The van der Waals surface area contributed by atoms with E-state index in [1.54, 1.807) is 0 Å². The molecule has 0 aliphatic rings. The fourth-order valence-electron chi connectivity index (χ4n) is 9.36. The van der Waals surface area contributed by atoms with Crippen molar-refractivity contribution in [3.05, 3.63) is 0 Å². The molecule has 337 valence electrons. The zero-order chi connectivity index (χ0) is 40.6. The second-order valence-corrected chi connectivity index (χ2v) is 23.2. The Labute approximate surface area is 358 Å². The number of hydrogen-bond donors (Lipinski definition) is 0. The normalized spacial score (nSPS) is 12.0. The van der Waals surface area contributed by atoms with Gasteiger partial charge in [-0.15, -0.1) is 0 Å². The maximum Gasteiger partial charge on any atom is 0.237 e. The van der Waals surface area contributed by atoms with Crippen LogP contribution in [0.2, 0.25) is 18.1 Å². The quantitative estimate of drug-likeness (QED) is 0.0431. The van der Waals surface area contributed by atoms with E-state index in [0.29, 0.717) is 0 Å². The van der Waals surface area contributed by atoms with Crippen molar-refractivity contribution in [2.24, 2.45) is 0 Å². The van der Waals surface area contributed by atoms with Gasteiger partial charge in [-0.1, -0.05) is 329 Å². The van der Waals surface area contributed by atoms with Crippen LogP contribution in [0.25, 0.3) is 0 Å². The van der Waals surface area contributed by atoms with E-state index >= 15 is 0 Å². The van der Waals surface area contributed by atoms with Crippen LogP contribution in [0.1, 0.15) is 329 Å². The molecule has 0 spiro atoms. The van der Waals surface area contributed by atoms with Crippen LogP contribution in [-0.2, 0) is 4.80 Å². The van der Waals surface area contributed by atoms with Crippen molar-refractivity contribution in [3.8, 4) is 0 Å². The van der Waals surface area contributed by atoms with Crippen molar-refractivity contribution in [2.45, 2.75) is 347 Å². The molecular weight excluding hydrogens is 693 g/mol. The maximum absolute atomic E-state index is 14.3. The molecule has 0 aromatic heterocycles. The van der Waals surface area contributed by atoms with Gasteiger partial charge < -0.3 is 0 Å². The Kier molecular flexibility index (Phi) is 49.7. The van der Waals surface area contributed by atoms with E-state index in [4.69, 9.17) is 0 Å². The Morgan fingerprint density at radius 1 is 0.179 bits per heavy atom. The van der Waals surface area contributed by atoms with Crippen molar-refractivity contribution in [2.75, 3.05) is 0 Å². The minimum Gasteiger partial charge on any atom is -0.297 e. The summed E-state index contributed by atoms with van der Waals surface area (Å²) in [6.45, 7) is 6.93. The monoisotopic (exact) mass is 804 g/mol. The summed E-state index contributed by atoms with van der Waals surface area (Å²) in [5.41, 5.74) is 0. The van der Waals surface area contributed by atoms with Crippen LogP contribution in [0.3, 0.4) is 0 Å². The van der Waals surface area contributed by atoms with Crippen LogP contribution >= 0.6 is 0 Å². The van der Waals surface area contributed by atoms with Crippen LogP contribution < -0.4 is 0 Å². The van der Waals surface area contributed by atoms with Gasteiger partial charge in [-0.3, -0.25) is 4.80 Å². The third-order valence-electron chi connectivity index (χ3n) is 13.5. The molecule has 0 aromatic carbocycles. The van der Waals surface area contributed by atoms with Gasteiger partial charge in [0.25, 0.3) is 0 Å². The molecule has 0 rings (SSSR count). The van der Waals surface area contributed by atoms with Crippen LogP contribution in [0.4, 0.5) is 0 Å². The van der Waals surface area contributed by atoms with Crippen molar-refractivity contribution in [1.29, 1.82) is 0 Å². The third-order valence-corrected chi connectivity index (χ3v) is 17.3. The molecule has 0 aromatic rings.